The quantitative estimate of drug-likeness (QED) is 0.914. The Hall–Kier alpha value is -2.10. The van der Waals surface area contributed by atoms with Gasteiger partial charge in [-0.15, -0.1) is 0 Å². The van der Waals surface area contributed by atoms with E-state index in [9.17, 15) is 4.79 Å². The number of nitrogens with zero attached hydrogens (tertiary/aromatic N) is 2. The lowest BCUT2D eigenvalue weighted by molar-refractivity contribution is 0.0941. The lowest BCUT2D eigenvalue weighted by Gasteiger charge is -2.10. The number of pyridine rings is 1. The van der Waals surface area contributed by atoms with Crippen LogP contribution in [-0.2, 0) is 13.1 Å². The van der Waals surface area contributed by atoms with Crippen LogP contribution >= 0.6 is 0 Å². The molecule has 19 heavy (non-hydrogen) atoms. The molecule has 0 aromatic carbocycles. The summed E-state index contributed by atoms with van der Waals surface area (Å²) in [6.45, 7) is 7.34. The summed E-state index contributed by atoms with van der Waals surface area (Å²) in [4.78, 5) is 16.3. The molecule has 1 amide bonds. The summed E-state index contributed by atoms with van der Waals surface area (Å²) in [6.07, 6.45) is 3.48. The average Bonchev–Trinajstić information content (AvgIpc) is 2.71. The highest BCUT2D eigenvalue weighted by atomic mass is 16.1. The second-order valence-corrected chi connectivity index (χ2v) is 4.61. The Labute approximate surface area is 113 Å². The van der Waals surface area contributed by atoms with Gasteiger partial charge >= 0.3 is 0 Å². The van der Waals surface area contributed by atoms with Crippen molar-refractivity contribution in [3.63, 3.8) is 0 Å². The monoisotopic (exact) mass is 257 g/mol. The first kappa shape index (κ1) is 13.3. The molecule has 100 valence electrons. The van der Waals surface area contributed by atoms with Crippen molar-refractivity contribution in [2.75, 3.05) is 0 Å². The van der Waals surface area contributed by atoms with E-state index in [-0.39, 0.29) is 5.91 Å². The maximum Gasteiger partial charge on any atom is 0.268 e. The molecular formula is C15H19N3O. The first-order valence-electron chi connectivity index (χ1n) is 6.47. The molecule has 0 aliphatic carbocycles. The Morgan fingerprint density at radius 3 is 2.84 bits per heavy atom. The van der Waals surface area contributed by atoms with Crippen LogP contribution in [0.15, 0.2) is 30.6 Å². The van der Waals surface area contributed by atoms with Crippen molar-refractivity contribution < 1.29 is 4.79 Å². The number of amides is 1. The van der Waals surface area contributed by atoms with Gasteiger partial charge in [0.1, 0.15) is 5.69 Å². The number of nitrogens with one attached hydrogen (secondary N) is 1. The molecule has 2 heterocycles. The first-order chi connectivity index (χ1) is 9.13. The summed E-state index contributed by atoms with van der Waals surface area (Å²) in [5.74, 6) is -0.0312. The summed E-state index contributed by atoms with van der Waals surface area (Å²) in [5, 5.41) is 2.94. The molecule has 0 fully saturated rings. The van der Waals surface area contributed by atoms with Crippen molar-refractivity contribution in [3.8, 4) is 0 Å². The fourth-order valence-corrected chi connectivity index (χ4v) is 2.33. The van der Waals surface area contributed by atoms with Crippen LogP contribution in [0.25, 0.3) is 0 Å². The highest BCUT2D eigenvalue weighted by Crippen LogP contribution is 2.15. The Bertz CT molecular complexity index is 573. The summed E-state index contributed by atoms with van der Waals surface area (Å²) < 4.78 is 2.04. The molecule has 0 radical (unpaired) electrons. The van der Waals surface area contributed by atoms with Crippen LogP contribution in [0.1, 0.15) is 34.2 Å². The number of carbonyl (C=O) groups is 1. The van der Waals surface area contributed by atoms with Gasteiger partial charge in [0.2, 0.25) is 0 Å². The molecule has 0 unspecified atom stereocenters. The summed E-state index contributed by atoms with van der Waals surface area (Å²) in [5.41, 5.74) is 3.89. The molecule has 4 nitrogen and oxygen atoms in total. The minimum atomic E-state index is -0.0312. The zero-order valence-electron chi connectivity index (χ0n) is 11.6. The molecule has 0 saturated carbocycles. The fourth-order valence-electron chi connectivity index (χ4n) is 2.33. The highest BCUT2D eigenvalue weighted by molar-refractivity contribution is 5.94. The van der Waals surface area contributed by atoms with Gasteiger partial charge < -0.3 is 9.88 Å². The van der Waals surface area contributed by atoms with Crippen molar-refractivity contribution in [2.24, 2.45) is 0 Å². The van der Waals surface area contributed by atoms with Crippen LogP contribution in [0.4, 0.5) is 0 Å². The molecule has 0 aliphatic rings. The third-order valence-corrected chi connectivity index (χ3v) is 3.20. The zero-order valence-corrected chi connectivity index (χ0v) is 11.6. The molecule has 2 aromatic heterocycles. The van der Waals surface area contributed by atoms with Crippen molar-refractivity contribution in [1.82, 2.24) is 14.9 Å². The van der Waals surface area contributed by atoms with Gasteiger partial charge in [0.05, 0.1) is 0 Å². The molecule has 4 heteroatoms. The standard InChI is InChI=1S/C15H19N3O/c1-4-18-12(3)8-11(2)14(18)15(19)17-10-13-6-5-7-16-9-13/h5-9H,4,10H2,1-3H3,(H,17,19). The van der Waals surface area contributed by atoms with Crippen molar-refractivity contribution >= 4 is 5.91 Å². The van der Waals surface area contributed by atoms with Gasteiger partial charge in [-0.2, -0.15) is 0 Å². The highest BCUT2D eigenvalue weighted by Gasteiger charge is 2.15. The van der Waals surface area contributed by atoms with E-state index < -0.39 is 0 Å². The van der Waals surface area contributed by atoms with Gasteiger partial charge in [-0.1, -0.05) is 6.07 Å². The molecule has 0 bridgehead atoms. The summed E-state index contributed by atoms with van der Waals surface area (Å²) >= 11 is 0. The van der Waals surface area contributed by atoms with Gasteiger partial charge in [0.25, 0.3) is 5.91 Å². The van der Waals surface area contributed by atoms with Crippen molar-refractivity contribution in [2.45, 2.75) is 33.9 Å². The summed E-state index contributed by atoms with van der Waals surface area (Å²) in [6, 6.07) is 5.86. The average molecular weight is 257 g/mol. The smallest absolute Gasteiger partial charge is 0.268 e. The van der Waals surface area contributed by atoms with Crippen LogP contribution in [0, 0.1) is 13.8 Å². The van der Waals surface area contributed by atoms with Gasteiger partial charge in [-0.3, -0.25) is 9.78 Å². The number of aryl methyl sites for hydroxylation is 2. The van der Waals surface area contributed by atoms with E-state index in [4.69, 9.17) is 0 Å². The molecule has 0 saturated heterocycles. The molecule has 1 N–H and O–H groups in total. The maximum atomic E-state index is 12.3. The largest absolute Gasteiger partial charge is 0.347 e. The van der Waals surface area contributed by atoms with Crippen LogP contribution in [0.2, 0.25) is 0 Å². The second kappa shape index (κ2) is 5.69. The fraction of sp³-hybridized carbons (Fsp3) is 0.333. The topological polar surface area (TPSA) is 46.9 Å². The van der Waals surface area contributed by atoms with E-state index in [1.807, 2.05) is 43.5 Å². The van der Waals surface area contributed by atoms with Gasteiger partial charge in [0, 0.05) is 31.2 Å². The Morgan fingerprint density at radius 1 is 1.42 bits per heavy atom. The number of carbonyl (C=O) groups excluding carboxylic acids is 1. The van der Waals surface area contributed by atoms with Crippen LogP contribution in [0.3, 0.4) is 0 Å². The molecule has 2 rings (SSSR count). The molecule has 0 spiro atoms. The lowest BCUT2D eigenvalue weighted by Crippen LogP contribution is -2.26. The number of hydrogen-bond donors (Lipinski definition) is 1. The third kappa shape index (κ3) is 2.84. The van der Waals surface area contributed by atoms with Gasteiger partial charge in [0.15, 0.2) is 0 Å². The van der Waals surface area contributed by atoms with E-state index in [2.05, 4.69) is 10.3 Å². The number of hydrogen-bond acceptors (Lipinski definition) is 2. The normalized spacial score (nSPS) is 10.5. The number of aromatic nitrogens is 2. The third-order valence-electron chi connectivity index (χ3n) is 3.20. The van der Waals surface area contributed by atoms with Crippen LogP contribution in [0.5, 0.6) is 0 Å². The molecule has 0 atom stereocenters. The summed E-state index contributed by atoms with van der Waals surface area (Å²) in [7, 11) is 0. The molecule has 2 aromatic rings. The predicted octanol–water partition coefficient (Wildman–Crippen LogP) is 2.45. The van der Waals surface area contributed by atoms with Crippen LogP contribution in [-0.4, -0.2) is 15.5 Å². The van der Waals surface area contributed by atoms with E-state index in [0.717, 1.165) is 29.1 Å². The lowest BCUT2D eigenvalue weighted by atomic mass is 10.2. The SMILES string of the molecule is CCn1c(C)cc(C)c1C(=O)NCc1cccnc1. The van der Waals surface area contributed by atoms with Gasteiger partial charge in [-0.25, -0.2) is 0 Å². The van der Waals surface area contributed by atoms with E-state index in [0.29, 0.717) is 6.54 Å². The Morgan fingerprint density at radius 2 is 2.21 bits per heavy atom. The first-order valence-corrected chi connectivity index (χ1v) is 6.47. The number of rotatable bonds is 4. The molecular weight excluding hydrogens is 238 g/mol. The van der Waals surface area contributed by atoms with Gasteiger partial charge in [-0.05, 0) is 44.0 Å². The van der Waals surface area contributed by atoms with E-state index >= 15 is 0 Å². The van der Waals surface area contributed by atoms with E-state index in [1.165, 1.54) is 0 Å². The van der Waals surface area contributed by atoms with E-state index in [1.54, 1.807) is 12.4 Å². The van der Waals surface area contributed by atoms with Crippen molar-refractivity contribution in [1.29, 1.82) is 0 Å². The minimum absolute atomic E-state index is 0.0312. The molecule has 0 aliphatic heterocycles. The van der Waals surface area contributed by atoms with Crippen molar-refractivity contribution in [3.05, 3.63) is 53.1 Å². The Kier molecular flexibility index (Phi) is 4.00. The zero-order chi connectivity index (χ0) is 13.8. The second-order valence-electron chi connectivity index (χ2n) is 4.61. The minimum Gasteiger partial charge on any atom is -0.347 e. The van der Waals surface area contributed by atoms with Crippen LogP contribution < -0.4 is 5.32 Å². The Balaban J connectivity index is 2.12. The maximum absolute atomic E-state index is 12.3. The predicted molar refractivity (Wildman–Crippen MR) is 75.0 cm³/mol.